The van der Waals surface area contributed by atoms with Crippen LogP contribution in [0.25, 0.3) is 0 Å². The van der Waals surface area contributed by atoms with Crippen molar-refractivity contribution in [2.24, 2.45) is 4.99 Å². The van der Waals surface area contributed by atoms with Crippen molar-refractivity contribution in [1.29, 1.82) is 0 Å². The molecule has 2 heterocycles. The van der Waals surface area contributed by atoms with Crippen LogP contribution in [0.3, 0.4) is 0 Å². The van der Waals surface area contributed by atoms with Gasteiger partial charge in [0.1, 0.15) is 5.82 Å². The number of halogens is 4. The van der Waals surface area contributed by atoms with Crippen LogP contribution in [-0.2, 0) is 12.6 Å². The summed E-state index contributed by atoms with van der Waals surface area (Å²) in [6.07, 6.45) is -2.12. The average Bonchev–Trinajstić information content (AvgIpc) is 3.17. The molecule has 1 unspecified atom stereocenters. The fraction of sp³-hybridized carbons (Fsp3) is 0.474. The van der Waals surface area contributed by atoms with Crippen molar-refractivity contribution < 1.29 is 17.6 Å². The van der Waals surface area contributed by atoms with Crippen LogP contribution in [-0.4, -0.2) is 43.7 Å². The summed E-state index contributed by atoms with van der Waals surface area (Å²) in [5.41, 5.74) is 0.00309. The largest absolute Gasteiger partial charge is 0.434 e. The molecule has 3 rings (SSSR count). The van der Waals surface area contributed by atoms with Crippen molar-refractivity contribution in [2.45, 2.75) is 31.5 Å². The van der Waals surface area contributed by atoms with Crippen LogP contribution in [0.1, 0.15) is 23.5 Å². The van der Waals surface area contributed by atoms with Gasteiger partial charge in [-0.2, -0.15) is 13.2 Å². The number of hydrogen-bond acceptors (Lipinski definition) is 4. The third-order valence-corrected chi connectivity index (χ3v) is 5.54. The number of thiazole rings is 1. The summed E-state index contributed by atoms with van der Waals surface area (Å²) < 4.78 is 51.3. The summed E-state index contributed by atoms with van der Waals surface area (Å²) in [5, 5.41) is 7.92. The first-order valence-electron chi connectivity index (χ1n) is 9.34. The average molecular weight is 429 g/mol. The van der Waals surface area contributed by atoms with Gasteiger partial charge in [0.05, 0.1) is 5.01 Å². The van der Waals surface area contributed by atoms with E-state index in [0.717, 1.165) is 41.8 Å². The van der Waals surface area contributed by atoms with Crippen molar-refractivity contribution >= 4 is 23.0 Å². The molecule has 1 atom stereocenters. The highest BCUT2D eigenvalue weighted by molar-refractivity contribution is 7.09. The third-order valence-electron chi connectivity index (χ3n) is 4.63. The highest BCUT2D eigenvalue weighted by atomic mass is 32.1. The monoisotopic (exact) mass is 429 g/mol. The fourth-order valence-corrected chi connectivity index (χ4v) is 4.04. The van der Waals surface area contributed by atoms with Crippen molar-refractivity contribution in [3.63, 3.8) is 0 Å². The summed E-state index contributed by atoms with van der Waals surface area (Å²) in [5.74, 6) is 0.328. The molecule has 158 valence electrons. The maximum absolute atomic E-state index is 13.5. The predicted molar refractivity (Wildman–Crippen MR) is 107 cm³/mol. The smallest absolute Gasteiger partial charge is 0.369 e. The molecule has 10 heteroatoms. The fourth-order valence-electron chi connectivity index (χ4n) is 3.23. The number of anilines is 1. The van der Waals surface area contributed by atoms with Crippen LogP contribution >= 0.6 is 11.3 Å². The summed E-state index contributed by atoms with van der Waals surface area (Å²) >= 11 is 1.00. The number of hydrogen-bond donors (Lipinski definition) is 2. The van der Waals surface area contributed by atoms with Gasteiger partial charge in [-0.25, -0.2) is 9.37 Å². The van der Waals surface area contributed by atoms with Crippen molar-refractivity contribution in [3.05, 3.63) is 46.2 Å². The van der Waals surface area contributed by atoms with Crippen molar-refractivity contribution in [3.8, 4) is 0 Å². The second kappa shape index (κ2) is 9.43. The molecule has 1 aliphatic rings. The molecule has 1 aromatic carbocycles. The van der Waals surface area contributed by atoms with Gasteiger partial charge >= 0.3 is 6.18 Å². The molecule has 0 saturated carbocycles. The van der Waals surface area contributed by atoms with Crippen LogP contribution in [0.4, 0.5) is 23.2 Å². The molecular formula is C19H23F4N5S. The minimum Gasteiger partial charge on any atom is -0.369 e. The Morgan fingerprint density at radius 3 is 2.90 bits per heavy atom. The first-order valence-corrected chi connectivity index (χ1v) is 10.2. The molecule has 0 spiro atoms. The van der Waals surface area contributed by atoms with E-state index < -0.39 is 11.9 Å². The minimum atomic E-state index is -4.41. The molecule has 0 aliphatic carbocycles. The van der Waals surface area contributed by atoms with E-state index in [1.54, 1.807) is 13.1 Å². The molecule has 2 N–H and O–H groups in total. The summed E-state index contributed by atoms with van der Waals surface area (Å²) in [7, 11) is 1.65. The maximum atomic E-state index is 13.5. The summed E-state index contributed by atoms with van der Waals surface area (Å²) in [6.45, 7) is 2.00. The van der Waals surface area contributed by atoms with E-state index in [0.29, 0.717) is 30.5 Å². The Morgan fingerprint density at radius 1 is 1.38 bits per heavy atom. The van der Waals surface area contributed by atoms with Crippen LogP contribution in [0.5, 0.6) is 0 Å². The number of alkyl halides is 3. The summed E-state index contributed by atoms with van der Waals surface area (Å²) in [4.78, 5) is 9.95. The number of guanidine groups is 1. The topological polar surface area (TPSA) is 52.6 Å². The van der Waals surface area contributed by atoms with Gasteiger partial charge in [-0.15, -0.1) is 11.3 Å². The number of benzene rings is 1. The van der Waals surface area contributed by atoms with E-state index in [-0.39, 0.29) is 11.9 Å². The lowest BCUT2D eigenvalue weighted by atomic mass is 10.0. The second-order valence-corrected chi connectivity index (χ2v) is 7.73. The number of piperidine rings is 1. The van der Waals surface area contributed by atoms with Crippen molar-refractivity contribution in [1.82, 2.24) is 15.6 Å². The van der Waals surface area contributed by atoms with E-state index in [4.69, 9.17) is 0 Å². The van der Waals surface area contributed by atoms with E-state index in [2.05, 4.69) is 25.5 Å². The molecule has 1 saturated heterocycles. The molecule has 0 radical (unpaired) electrons. The van der Waals surface area contributed by atoms with Crippen molar-refractivity contribution in [2.75, 3.05) is 31.6 Å². The lowest BCUT2D eigenvalue weighted by Crippen LogP contribution is -2.51. The number of aliphatic imine (C=N–C) groups is 1. The zero-order valence-electron chi connectivity index (χ0n) is 16.0. The van der Waals surface area contributed by atoms with Gasteiger partial charge in [-0.05, 0) is 31.0 Å². The SMILES string of the molecule is CN=C(NCCc1nc(C(F)(F)F)cs1)NC1CCCN(c2cccc(F)c2)C1. The molecule has 1 aliphatic heterocycles. The number of nitrogens with one attached hydrogen (secondary N) is 2. The Morgan fingerprint density at radius 2 is 2.21 bits per heavy atom. The number of nitrogens with zero attached hydrogens (tertiary/aromatic N) is 3. The van der Waals surface area contributed by atoms with Gasteiger partial charge in [-0.1, -0.05) is 6.07 Å². The zero-order chi connectivity index (χ0) is 20.9. The van der Waals surface area contributed by atoms with Crippen LogP contribution in [0.15, 0.2) is 34.6 Å². The van der Waals surface area contributed by atoms with Gasteiger partial charge in [0.2, 0.25) is 0 Å². The number of rotatable bonds is 5. The normalized spacial score (nSPS) is 18.0. The third kappa shape index (κ3) is 6.06. The van der Waals surface area contributed by atoms with Gasteiger partial charge < -0.3 is 15.5 Å². The highest BCUT2D eigenvalue weighted by Gasteiger charge is 2.33. The Labute approximate surface area is 170 Å². The standard InChI is InChI=1S/C19H23F4N5S/c1-24-18(25-8-7-17-27-16(12-29-17)19(21,22)23)26-14-5-3-9-28(11-14)15-6-2-4-13(20)10-15/h2,4,6,10,12,14H,3,5,7-9,11H2,1H3,(H2,24,25,26). The van der Waals surface area contributed by atoms with E-state index in [1.807, 2.05) is 6.07 Å². The Kier molecular flexibility index (Phi) is 6.94. The Hall–Kier alpha value is -2.36. The maximum Gasteiger partial charge on any atom is 0.434 e. The zero-order valence-corrected chi connectivity index (χ0v) is 16.8. The van der Waals surface area contributed by atoms with Gasteiger partial charge in [0.25, 0.3) is 0 Å². The first kappa shape index (κ1) is 21.4. The van der Waals surface area contributed by atoms with Crippen LogP contribution < -0.4 is 15.5 Å². The quantitative estimate of drug-likeness (QED) is 0.433. The van der Waals surface area contributed by atoms with E-state index in [9.17, 15) is 17.6 Å². The lowest BCUT2D eigenvalue weighted by molar-refractivity contribution is -0.140. The van der Waals surface area contributed by atoms with E-state index in [1.165, 1.54) is 12.1 Å². The molecule has 0 amide bonds. The highest BCUT2D eigenvalue weighted by Crippen LogP contribution is 2.30. The summed E-state index contributed by atoms with van der Waals surface area (Å²) in [6, 6.07) is 6.68. The molecular weight excluding hydrogens is 406 g/mol. The molecule has 5 nitrogen and oxygen atoms in total. The first-order chi connectivity index (χ1) is 13.8. The Balaban J connectivity index is 1.49. The van der Waals surface area contributed by atoms with Crippen LogP contribution in [0, 0.1) is 5.82 Å². The predicted octanol–water partition coefficient (Wildman–Crippen LogP) is 3.68. The molecule has 1 fully saturated rings. The molecule has 29 heavy (non-hydrogen) atoms. The number of aromatic nitrogens is 1. The molecule has 1 aromatic heterocycles. The van der Waals surface area contributed by atoms with E-state index >= 15 is 0 Å². The van der Waals surface area contributed by atoms with Gasteiger partial charge in [0, 0.05) is 50.2 Å². The lowest BCUT2D eigenvalue weighted by Gasteiger charge is -2.35. The Bertz CT molecular complexity index is 836. The second-order valence-electron chi connectivity index (χ2n) is 6.78. The van der Waals surface area contributed by atoms with Gasteiger partial charge in [-0.3, -0.25) is 4.99 Å². The minimum absolute atomic E-state index is 0.134. The molecule has 0 bridgehead atoms. The molecule has 2 aromatic rings. The van der Waals surface area contributed by atoms with Gasteiger partial charge in [0.15, 0.2) is 11.7 Å². The van der Waals surface area contributed by atoms with Crippen LogP contribution in [0.2, 0.25) is 0 Å².